The Bertz CT molecular complexity index is 517. The van der Waals surface area contributed by atoms with Crippen LogP contribution in [0.2, 0.25) is 0 Å². The molecule has 2 heterocycles. The molecule has 19 heavy (non-hydrogen) atoms. The number of nitrogens with zero attached hydrogens (tertiary/aromatic N) is 4. The van der Waals surface area contributed by atoms with Crippen LogP contribution in [0.3, 0.4) is 0 Å². The number of amides is 1. The lowest BCUT2D eigenvalue weighted by atomic mass is 10.3. The molecular formula is C13H19N5O. The molecule has 1 amide bonds. The fourth-order valence-corrected chi connectivity index (χ4v) is 1.89. The van der Waals surface area contributed by atoms with E-state index in [2.05, 4.69) is 15.5 Å². The minimum absolute atomic E-state index is 0.0350. The van der Waals surface area contributed by atoms with Crippen LogP contribution in [0, 0.1) is 6.92 Å². The summed E-state index contributed by atoms with van der Waals surface area (Å²) in [6, 6.07) is 3.86. The zero-order valence-corrected chi connectivity index (χ0v) is 11.3. The van der Waals surface area contributed by atoms with Crippen molar-refractivity contribution < 1.29 is 4.79 Å². The summed E-state index contributed by atoms with van der Waals surface area (Å²) in [7, 11) is 0. The first-order valence-electron chi connectivity index (χ1n) is 6.40. The van der Waals surface area contributed by atoms with E-state index >= 15 is 0 Å². The highest BCUT2D eigenvalue weighted by molar-refractivity contribution is 5.76. The van der Waals surface area contributed by atoms with E-state index in [-0.39, 0.29) is 11.9 Å². The van der Waals surface area contributed by atoms with Crippen molar-refractivity contribution >= 4 is 5.91 Å². The van der Waals surface area contributed by atoms with E-state index in [1.165, 1.54) is 0 Å². The molecule has 0 bridgehead atoms. The minimum atomic E-state index is 0.0350. The lowest BCUT2D eigenvalue weighted by molar-refractivity contribution is -0.122. The summed E-state index contributed by atoms with van der Waals surface area (Å²) in [5.74, 6) is 0.0350. The van der Waals surface area contributed by atoms with Crippen LogP contribution >= 0.6 is 0 Å². The molecule has 2 aromatic rings. The van der Waals surface area contributed by atoms with E-state index in [4.69, 9.17) is 0 Å². The Morgan fingerprint density at radius 3 is 2.89 bits per heavy atom. The first-order valence-corrected chi connectivity index (χ1v) is 6.40. The van der Waals surface area contributed by atoms with Crippen LogP contribution < -0.4 is 5.32 Å². The Morgan fingerprint density at radius 1 is 1.42 bits per heavy atom. The third kappa shape index (κ3) is 4.24. The Balaban J connectivity index is 1.71. The molecule has 0 radical (unpaired) electrons. The van der Waals surface area contributed by atoms with Crippen LogP contribution in [-0.2, 0) is 17.9 Å². The fourth-order valence-electron chi connectivity index (χ4n) is 1.89. The van der Waals surface area contributed by atoms with Gasteiger partial charge in [0.15, 0.2) is 0 Å². The molecule has 0 aliphatic rings. The molecule has 0 saturated heterocycles. The molecule has 6 heteroatoms. The van der Waals surface area contributed by atoms with Crippen LogP contribution in [0.25, 0.3) is 0 Å². The quantitative estimate of drug-likeness (QED) is 0.843. The van der Waals surface area contributed by atoms with Gasteiger partial charge in [-0.05, 0) is 26.0 Å². The van der Waals surface area contributed by atoms with Gasteiger partial charge in [0, 0.05) is 37.6 Å². The lowest BCUT2D eigenvalue weighted by Gasteiger charge is -2.13. The number of rotatable bonds is 6. The molecule has 1 N–H and O–H groups in total. The molecule has 2 aromatic heterocycles. The number of carbonyl (C=O) groups is 1. The van der Waals surface area contributed by atoms with Gasteiger partial charge in [-0.1, -0.05) is 0 Å². The predicted molar refractivity (Wildman–Crippen MR) is 71.4 cm³/mol. The van der Waals surface area contributed by atoms with Gasteiger partial charge in [0.1, 0.15) is 0 Å². The fraction of sp³-hybridized carbons (Fsp3) is 0.462. The zero-order chi connectivity index (χ0) is 13.7. The summed E-state index contributed by atoms with van der Waals surface area (Å²) in [5.41, 5.74) is 0.965. The predicted octanol–water partition coefficient (Wildman–Crippen LogP) is 0.983. The monoisotopic (exact) mass is 261 g/mol. The number of carbonyl (C=O) groups excluding carboxylic acids is 1. The standard InChI is InChI=1S/C13H19N5O/c1-11-4-8-17(16-11)9-5-13(19)15-12(2)10-18-7-3-6-14-18/h3-4,6-8,12H,5,9-10H2,1-2H3,(H,15,19)/t12-/m1/s1. The Hall–Kier alpha value is -2.11. The van der Waals surface area contributed by atoms with Crippen molar-refractivity contribution in [1.82, 2.24) is 24.9 Å². The topological polar surface area (TPSA) is 64.7 Å². The molecule has 0 saturated carbocycles. The van der Waals surface area contributed by atoms with Crippen molar-refractivity contribution in [2.75, 3.05) is 0 Å². The largest absolute Gasteiger partial charge is 0.352 e. The maximum atomic E-state index is 11.8. The SMILES string of the molecule is Cc1ccn(CCC(=O)N[C@H](C)Cn2cccn2)n1. The average molecular weight is 261 g/mol. The van der Waals surface area contributed by atoms with Crippen LogP contribution in [0.5, 0.6) is 0 Å². The van der Waals surface area contributed by atoms with E-state index < -0.39 is 0 Å². The average Bonchev–Trinajstić information content (AvgIpc) is 2.98. The molecule has 0 aromatic carbocycles. The Kier molecular flexibility index (Phi) is 4.33. The van der Waals surface area contributed by atoms with Gasteiger partial charge in [-0.2, -0.15) is 10.2 Å². The summed E-state index contributed by atoms with van der Waals surface area (Å²) in [6.07, 6.45) is 5.93. The molecule has 0 aliphatic carbocycles. The minimum Gasteiger partial charge on any atom is -0.352 e. The number of aromatic nitrogens is 4. The van der Waals surface area contributed by atoms with E-state index in [1.54, 1.807) is 10.9 Å². The van der Waals surface area contributed by atoms with Gasteiger partial charge < -0.3 is 5.32 Å². The molecule has 6 nitrogen and oxygen atoms in total. The van der Waals surface area contributed by atoms with Crippen molar-refractivity contribution in [3.63, 3.8) is 0 Å². The van der Waals surface area contributed by atoms with Crippen LogP contribution in [0.15, 0.2) is 30.7 Å². The molecular weight excluding hydrogens is 242 g/mol. The summed E-state index contributed by atoms with van der Waals surface area (Å²) in [5, 5.41) is 11.3. The van der Waals surface area contributed by atoms with Crippen molar-refractivity contribution in [2.24, 2.45) is 0 Å². The number of hydrogen-bond acceptors (Lipinski definition) is 3. The molecule has 2 rings (SSSR count). The van der Waals surface area contributed by atoms with E-state index in [9.17, 15) is 4.79 Å². The maximum absolute atomic E-state index is 11.8. The highest BCUT2D eigenvalue weighted by atomic mass is 16.1. The summed E-state index contributed by atoms with van der Waals surface area (Å²) in [4.78, 5) is 11.8. The second-order valence-electron chi connectivity index (χ2n) is 4.67. The molecule has 102 valence electrons. The second-order valence-corrected chi connectivity index (χ2v) is 4.67. The van der Waals surface area contributed by atoms with Gasteiger partial charge in [0.2, 0.25) is 5.91 Å². The molecule has 1 atom stereocenters. The normalized spacial score (nSPS) is 12.3. The van der Waals surface area contributed by atoms with Crippen molar-refractivity contribution in [1.29, 1.82) is 0 Å². The smallest absolute Gasteiger partial charge is 0.222 e. The van der Waals surface area contributed by atoms with E-state index in [1.807, 2.05) is 43.1 Å². The molecule has 0 aliphatic heterocycles. The number of hydrogen-bond donors (Lipinski definition) is 1. The van der Waals surface area contributed by atoms with Crippen LogP contribution in [0.1, 0.15) is 19.0 Å². The molecule has 0 unspecified atom stereocenters. The lowest BCUT2D eigenvalue weighted by Crippen LogP contribution is -2.36. The van der Waals surface area contributed by atoms with Gasteiger partial charge in [-0.25, -0.2) is 0 Å². The third-order valence-electron chi connectivity index (χ3n) is 2.77. The van der Waals surface area contributed by atoms with Gasteiger partial charge in [-0.15, -0.1) is 0 Å². The first kappa shape index (κ1) is 13.3. The van der Waals surface area contributed by atoms with Gasteiger partial charge in [0.05, 0.1) is 12.2 Å². The first-order chi connectivity index (χ1) is 9.13. The Morgan fingerprint density at radius 2 is 2.26 bits per heavy atom. The number of aryl methyl sites for hydroxylation is 2. The highest BCUT2D eigenvalue weighted by Crippen LogP contribution is 1.96. The van der Waals surface area contributed by atoms with Crippen molar-refractivity contribution in [3.8, 4) is 0 Å². The molecule has 0 fully saturated rings. The second kappa shape index (κ2) is 6.17. The highest BCUT2D eigenvalue weighted by Gasteiger charge is 2.08. The van der Waals surface area contributed by atoms with Gasteiger partial charge in [-0.3, -0.25) is 14.2 Å². The van der Waals surface area contributed by atoms with E-state index in [0.717, 1.165) is 5.69 Å². The molecule has 0 spiro atoms. The summed E-state index contributed by atoms with van der Waals surface area (Å²) >= 11 is 0. The van der Waals surface area contributed by atoms with Crippen molar-refractivity contribution in [2.45, 2.75) is 39.4 Å². The number of nitrogens with one attached hydrogen (secondary N) is 1. The zero-order valence-electron chi connectivity index (χ0n) is 11.3. The summed E-state index contributed by atoms with van der Waals surface area (Å²) < 4.78 is 3.59. The third-order valence-corrected chi connectivity index (χ3v) is 2.77. The van der Waals surface area contributed by atoms with Crippen LogP contribution in [0.4, 0.5) is 0 Å². The van der Waals surface area contributed by atoms with Crippen LogP contribution in [-0.4, -0.2) is 31.5 Å². The maximum Gasteiger partial charge on any atom is 0.222 e. The van der Waals surface area contributed by atoms with E-state index in [0.29, 0.717) is 19.5 Å². The van der Waals surface area contributed by atoms with Crippen molar-refractivity contribution in [3.05, 3.63) is 36.4 Å². The summed E-state index contributed by atoms with van der Waals surface area (Å²) in [6.45, 7) is 5.19. The Labute approximate surface area is 112 Å². The van der Waals surface area contributed by atoms with Gasteiger partial charge in [0.25, 0.3) is 0 Å². The van der Waals surface area contributed by atoms with Gasteiger partial charge >= 0.3 is 0 Å².